The van der Waals surface area contributed by atoms with Crippen molar-refractivity contribution in [3.8, 4) is 0 Å². The first kappa shape index (κ1) is 6.93. The Hall–Kier alpha value is -0.180. The molecule has 1 aliphatic rings. The predicted octanol–water partition coefficient (Wildman–Crippen LogP) is 1.05. The van der Waals surface area contributed by atoms with Crippen LogP contribution in [0.15, 0.2) is 0 Å². The number of hydrogen-bond acceptors (Lipinski definition) is 1. The summed E-state index contributed by atoms with van der Waals surface area (Å²) in [5, 5.41) is 2.85. The molecule has 1 N–H and O–H groups in total. The van der Waals surface area contributed by atoms with Gasteiger partial charge >= 0.3 is 0 Å². The highest BCUT2D eigenvalue weighted by atomic mass is 19.2. The van der Waals surface area contributed by atoms with E-state index >= 15 is 0 Å². The molecule has 0 unspecified atom stereocenters. The van der Waals surface area contributed by atoms with Gasteiger partial charge in [0, 0.05) is 19.0 Å². The molecule has 1 nitrogen and oxygen atoms in total. The first-order valence-corrected chi connectivity index (χ1v) is 3.14. The maximum absolute atomic E-state index is 12.9. The average Bonchev–Trinajstić information content (AvgIpc) is 2.13. The molecule has 1 fully saturated rings. The molecular formula is C6H11F2N. The zero-order valence-corrected chi connectivity index (χ0v) is 5.45. The number of hydrogen-bond donors (Lipinski definition) is 1. The summed E-state index contributed by atoms with van der Waals surface area (Å²) in [6.07, 6.45) is 0.309. The number of halogens is 2. The van der Waals surface area contributed by atoms with Crippen molar-refractivity contribution in [3.63, 3.8) is 0 Å². The molecule has 0 aromatic carbocycles. The highest BCUT2D eigenvalue weighted by Crippen LogP contribution is 2.23. The lowest BCUT2D eigenvalue weighted by Gasteiger charge is -2.11. The lowest BCUT2D eigenvalue weighted by atomic mass is 10.1. The molecule has 54 valence electrons. The van der Waals surface area contributed by atoms with Gasteiger partial charge in [-0.3, -0.25) is 0 Å². The fourth-order valence-corrected chi connectivity index (χ4v) is 1.15. The Morgan fingerprint density at radius 1 is 1.78 bits per heavy atom. The van der Waals surface area contributed by atoms with E-state index < -0.39 is 12.3 Å². The third-order valence-corrected chi connectivity index (χ3v) is 1.68. The molecule has 0 spiro atoms. The van der Waals surface area contributed by atoms with Crippen molar-refractivity contribution < 1.29 is 8.78 Å². The van der Waals surface area contributed by atoms with Crippen molar-refractivity contribution in [2.45, 2.75) is 25.1 Å². The van der Waals surface area contributed by atoms with Crippen LogP contribution >= 0.6 is 0 Å². The van der Waals surface area contributed by atoms with Gasteiger partial charge in [0.15, 0.2) is 5.67 Å². The van der Waals surface area contributed by atoms with Crippen LogP contribution in [-0.4, -0.2) is 24.9 Å². The van der Waals surface area contributed by atoms with Crippen LogP contribution in [0.2, 0.25) is 0 Å². The molecule has 1 rings (SSSR count). The minimum absolute atomic E-state index is 0.130. The molecule has 1 aliphatic heterocycles. The zero-order valence-electron chi connectivity index (χ0n) is 5.45. The van der Waals surface area contributed by atoms with Gasteiger partial charge in [0.05, 0.1) is 0 Å². The van der Waals surface area contributed by atoms with Crippen LogP contribution in [0.1, 0.15) is 13.3 Å². The minimum atomic E-state index is -1.57. The molecule has 0 aromatic rings. The Balaban J connectivity index is 2.45. The van der Waals surface area contributed by atoms with Gasteiger partial charge in [0.2, 0.25) is 0 Å². The quantitative estimate of drug-likeness (QED) is 0.566. The van der Waals surface area contributed by atoms with Crippen molar-refractivity contribution in [1.82, 2.24) is 5.32 Å². The molecule has 0 aliphatic carbocycles. The minimum Gasteiger partial charge on any atom is -0.311 e. The molecule has 9 heavy (non-hydrogen) atoms. The molecule has 2 atom stereocenters. The standard InChI is InChI=1S/C6H11F2N/c1-5-2-6(8,3-7)4-9-5/h5,9H,2-4H2,1H3/t5-,6+/m1/s1. The van der Waals surface area contributed by atoms with Gasteiger partial charge in [-0.05, 0) is 6.92 Å². The van der Waals surface area contributed by atoms with E-state index in [1.54, 1.807) is 0 Å². The summed E-state index contributed by atoms with van der Waals surface area (Å²) >= 11 is 0. The third-order valence-electron chi connectivity index (χ3n) is 1.68. The maximum Gasteiger partial charge on any atom is 0.152 e. The molecule has 3 heteroatoms. The van der Waals surface area contributed by atoms with Gasteiger partial charge < -0.3 is 5.32 Å². The van der Waals surface area contributed by atoms with Crippen LogP contribution in [0.5, 0.6) is 0 Å². The molecule has 0 radical (unpaired) electrons. The van der Waals surface area contributed by atoms with E-state index in [9.17, 15) is 8.78 Å². The second kappa shape index (κ2) is 2.21. The van der Waals surface area contributed by atoms with E-state index in [-0.39, 0.29) is 12.6 Å². The van der Waals surface area contributed by atoms with Gasteiger partial charge in [-0.15, -0.1) is 0 Å². The van der Waals surface area contributed by atoms with Crippen molar-refractivity contribution in [3.05, 3.63) is 0 Å². The smallest absolute Gasteiger partial charge is 0.152 e. The van der Waals surface area contributed by atoms with E-state index in [1.807, 2.05) is 6.92 Å². The zero-order chi connectivity index (χ0) is 6.91. The summed E-state index contributed by atoms with van der Waals surface area (Å²) in [4.78, 5) is 0. The molecule has 1 heterocycles. The summed E-state index contributed by atoms with van der Waals surface area (Å²) in [7, 11) is 0. The first-order valence-electron chi connectivity index (χ1n) is 3.14. The van der Waals surface area contributed by atoms with Crippen LogP contribution in [0, 0.1) is 0 Å². The lowest BCUT2D eigenvalue weighted by molar-refractivity contribution is 0.140. The second-order valence-electron chi connectivity index (χ2n) is 2.77. The largest absolute Gasteiger partial charge is 0.311 e. The monoisotopic (exact) mass is 135 g/mol. The SMILES string of the molecule is C[C@@H]1C[C@](F)(CF)CN1. The second-order valence-corrected chi connectivity index (χ2v) is 2.77. The Morgan fingerprint density at radius 3 is 2.67 bits per heavy atom. The highest BCUT2D eigenvalue weighted by molar-refractivity contribution is 4.92. The van der Waals surface area contributed by atoms with E-state index in [4.69, 9.17) is 0 Å². The van der Waals surface area contributed by atoms with Gasteiger partial charge in [0.25, 0.3) is 0 Å². The molecule has 1 saturated heterocycles. The van der Waals surface area contributed by atoms with Crippen LogP contribution in [-0.2, 0) is 0 Å². The summed E-state index contributed by atoms with van der Waals surface area (Å²) < 4.78 is 24.7. The van der Waals surface area contributed by atoms with E-state index in [2.05, 4.69) is 5.32 Å². The third kappa shape index (κ3) is 1.39. The maximum atomic E-state index is 12.9. The van der Waals surface area contributed by atoms with Crippen LogP contribution in [0.25, 0.3) is 0 Å². The average molecular weight is 135 g/mol. The molecular weight excluding hydrogens is 124 g/mol. The van der Waals surface area contributed by atoms with Crippen molar-refractivity contribution >= 4 is 0 Å². The Morgan fingerprint density at radius 2 is 2.44 bits per heavy atom. The molecule has 0 aromatic heterocycles. The van der Waals surface area contributed by atoms with Crippen LogP contribution < -0.4 is 5.32 Å². The van der Waals surface area contributed by atoms with Gasteiger partial charge in [0.1, 0.15) is 6.67 Å². The molecule has 0 amide bonds. The fraction of sp³-hybridized carbons (Fsp3) is 1.00. The van der Waals surface area contributed by atoms with Crippen molar-refractivity contribution in [2.75, 3.05) is 13.2 Å². The Labute approximate surface area is 53.4 Å². The van der Waals surface area contributed by atoms with Crippen LogP contribution in [0.4, 0.5) is 8.78 Å². The fourth-order valence-electron chi connectivity index (χ4n) is 1.15. The molecule has 0 saturated carbocycles. The van der Waals surface area contributed by atoms with Crippen LogP contribution in [0.3, 0.4) is 0 Å². The number of nitrogens with one attached hydrogen (secondary N) is 1. The highest BCUT2D eigenvalue weighted by Gasteiger charge is 2.37. The van der Waals surface area contributed by atoms with Gasteiger partial charge in [-0.2, -0.15) is 0 Å². The summed E-state index contributed by atoms with van der Waals surface area (Å²) in [6, 6.07) is 0.130. The summed E-state index contributed by atoms with van der Waals surface area (Å²) in [5.41, 5.74) is -1.57. The summed E-state index contributed by atoms with van der Waals surface area (Å²) in [5.74, 6) is 0. The van der Waals surface area contributed by atoms with Crippen molar-refractivity contribution in [1.29, 1.82) is 0 Å². The Kier molecular flexibility index (Phi) is 1.70. The summed E-state index contributed by atoms with van der Waals surface area (Å²) in [6.45, 7) is 1.17. The first-order chi connectivity index (χ1) is 4.16. The van der Waals surface area contributed by atoms with Gasteiger partial charge in [-0.25, -0.2) is 8.78 Å². The number of rotatable bonds is 1. The van der Waals surface area contributed by atoms with E-state index in [0.29, 0.717) is 6.42 Å². The predicted molar refractivity (Wildman–Crippen MR) is 31.9 cm³/mol. The molecule has 0 bridgehead atoms. The van der Waals surface area contributed by atoms with Gasteiger partial charge in [-0.1, -0.05) is 0 Å². The van der Waals surface area contributed by atoms with E-state index in [0.717, 1.165) is 0 Å². The Bertz CT molecular complexity index is 107. The van der Waals surface area contributed by atoms with Crippen molar-refractivity contribution in [2.24, 2.45) is 0 Å². The normalized spacial score (nSPS) is 43.7. The topological polar surface area (TPSA) is 12.0 Å². The lowest BCUT2D eigenvalue weighted by Crippen LogP contribution is -2.28. The number of alkyl halides is 2. The van der Waals surface area contributed by atoms with E-state index in [1.165, 1.54) is 0 Å².